The number of methoxy groups -OCH3 is 1. The molecule has 0 saturated heterocycles. The highest BCUT2D eigenvalue weighted by molar-refractivity contribution is 6.44. The Kier molecular flexibility index (Phi) is 7.15. The van der Waals surface area contributed by atoms with E-state index in [-0.39, 0.29) is 12.4 Å². The van der Waals surface area contributed by atoms with Gasteiger partial charge in [0.15, 0.2) is 17.3 Å². The Morgan fingerprint density at radius 3 is 2.70 bits per heavy atom. The van der Waals surface area contributed by atoms with Crippen LogP contribution in [0.25, 0.3) is 0 Å². The van der Waals surface area contributed by atoms with E-state index in [0.717, 1.165) is 5.56 Å². The second kappa shape index (κ2) is 9.80. The van der Waals surface area contributed by atoms with E-state index in [0.29, 0.717) is 37.8 Å². The molecule has 30 heavy (non-hydrogen) atoms. The maximum atomic E-state index is 11.2. The largest absolute Gasteiger partial charge is 0.493 e. The van der Waals surface area contributed by atoms with Crippen LogP contribution in [0.1, 0.15) is 16.8 Å². The van der Waals surface area contributed by atoms with Crippen molar-refractivity contribution in [2.75, 3.05) is 12.5 Å². The van der Waals surface area contributed by atoms with E-state index in [1.165, 1.54) is 7.11 Å². The Balaban J connectivity index is 1.73. The third-order valence-electron chi connectivity index (χ3n) is 3.96. The number of rotatable bonds is 7. The normalized spacial score (nSPS) is 11.0. The average molecular weight is 469 g/mol. The molecule has 11 heteroatoms. The van der Waals surface area contributed by atoms with Gasteiger partial charge in [-0.15, -0.1) is 0 Å². The summed E-state index contributed by atoms with van der Waals surface area (Å²) < 4.78 is 11.2. The van der Waals surface area contributed by atoms with Crippen molar-refractivity contribution in [1.82, 2.24) is 15.2 Å². The molecule has 1 heterocycles. The molecular formula is C19H16Cl3N5O3. The number of aryl methyl sites for hydroxylation is 1. The topological polar surface area (TPSA) is 101 Å². The number of aromatic nitrogens is 3. The molecule has 0 saturated carbocycles. The van der Waals surface area contributed by atoms with Gasteiger partial charge in [-0.1, -0.05) is 34.8 Å². The molecule has 0 aliphatic heterocycles. The number of anilines is 1. The minimum absolute atomic E-state index is 0.115. The van der Waals surface area contributed by atoms with E-state index < -0.39 is 5.69 Å². The number of hydrazone groups is 1. The number of halogens is 3. The van der Waals surface area contributed by atoms with E-state index >= 15 is 0 Å². The summed E-state index contributed by atoms with van der Waals surface area (Å²) >= 11 is 18.4. The molecule has 0 radical (unpaired) electrons. The Labute approximate surface area is 186 Å². The lowest BCUT2D eigenvalue weighted by Crippen LogP contribution is -2.15. The van der Waals surface area contributed by atoms with Crippen LogP contribution in [0.15, 0.2) is 40.2 Å². The molecule has 0 unspecified atom stereocenters. The van der Waals surface area contributed by atoms with Gasteiger partial charge in [-0.3, -0.25) is 5.43 Å². The Morgan fingerprint density at radius 1 is 1.17 bits per heavy atom. The number of nitrogens with zero attached hydrogens (tertiary/aromatic N) is 3. The van der Waals surface area contributed by atoms with Crippen LogP contribution in [0.2, 0.25) is 15.1 Å². The number of H-pyrrole nitrogens is 1. The quantitative estimate of drug-likeness (QED) is 0.301. The first-order valence-electron chi connectivity index (χ1n) is 8.54. The summed E-state index contributed by atoms with van der Waals surface area (Å²) in [4.78, 5) is 15.0. The Morgan fingerprint density at radius 2 is 1.93 bits per heavy atom. The first kappa shape index (κ1) is 21.9. The molecule has 0 bridgehead atoms. The lowest BCUT2D eigenvalue weighted by atomic mass is 10.2. The van der Waals surface area contributed by atoms with E-state index in [4.69, 9.17) is 44.3 Å². The van der Waals surface area contributed by atoms with Crippen LogP contribution < -0.4 is 20.6 Å². The summed E-state index contributed by atoms with van der Waals surface area (Å²) in [6.45, 7) is 1.80. The van der Waals surface area contributed by atoms with Crippen LogP contribution in [-0.4, -0.2) is 28.5 Å². The number of ether oxygens (including phenoxy) is 2. The van der Waals surface area contributed by atoms with Crippen LogP contribution >= 0.6 is 34.8 Å². The van der Waals surface area contributed by atoms with Crippen molar-refractivity contribution in [1.29, 1.82) is 0 Å². The molecule has 3 aromatic rings. The van der Waals surface area contributed by atoms with Crippen molar-refractivity contribution in [2.24, 2.45) is 5.10 Å². The van der Waals surface area contributed by atoms with Crippen molar-refractivity contribution >= 4 is 46.8 Å². The fraction of sp³-hybridized carbons (Fsp3) is 0.158. The summed E-state index contributed by atoms with van der Waals surface area (Å²) in [5.74, 6) is 1.24. The van der Waals surface area contributed by atoms with Crippen LogP contribution in [0.3, 0.4) is 0 Å². The zero-order valence-electron chi connectivity index (χ0n) is 15.9. The van der Waals surface area contributed by atoms with E-state index in [1.807, 2.05) is 0 Å². The van der Waals surface area contributed by atoms with Gasteiger partial charge in [-0.05, 0) is 42.8 Å². The molecule has 1 aromatic heterocycles. The molecule has 0 spiro atoms. The van der Waals surface area contributed by atoms with Crippen molar-refractivity contribution in [3.63, 3.8) is 0 Å². The molecule has 2 N–H and O–H groups in total. The van der Waals surface area contributed by atoms with Crippen LogP contribution in [0.5, 0.6) is 11.5 Å². The minimum atomic E-state index is -0.568. The number of nitrogens with one attached hydrogen (secondary N) is 2. The van der Waals surface area contributed by atoms with Crippen LogP contribution in [0.4, 0.5) is 5.82 Å². The second-order valence-electron chi connectivity index (χ2n) is 5.97. The maximum absolute atomic E-state index is 11.2. The molecule has 3 rings (SSSR count). The van der Waals surface area contributed by atoms with Gasteiger partial charge in [0.2, 0.25) is 0 Å². The average Bonchev–Trinajstić information content (AvgIpc) is 2.74. The monoisotopic (exact) mass is 467 g/mol. The van der Waals surface area contributed by atoms with Crippen molar-refractivity contribution in [3.05, 3.63) is 72.7 Å². The van der Waals surface area contributed by atoms with E-state index in [9.17, 15) is 4.79 Å². The fourth-order valence-corrected chi connectivity index (χ4v) is 3.06. The van der Waals surface area contributed by atoms with Gasteiger partial charge in [-0.25, -0.2) is 9.89 Å². The minimum Gasteiger partial charge on any atom is -0.493 e. The Bertz CT molecular complexity index is 1150. The third-order valence-corrected chi connectivity index (χ3v) is 5.16. The highest BCUT2D eigenvalue weighted by Crippen LogP contribution is 2.34. The molecule has 0 atom stereocenters. The molecular weight excluding hydrogens is 453 g/mol. The summed E-state index contributed by atoms with van der Waals surface area (Å²) in [6, 6.07) is 8.52. The molecule has 0 aliphatic rings. The molecule has 2 aromatic carbocycles. The molecule has 156 valence electrons. The zero-order chi connectivity index (χ0) is 21.7. The smallest absolute Gasteiger partial charge is 0.363 e. The van der Waals surface area contributed by atoms with Crippen molar-refractivity contribution < 1.29 is 9.47 Å². The van der Waals surface area contributed by atoms with Crippen molar-refractivity contribution in [3.8, 4) is 11.5 Å². The van der Waals surface area contributed by atoms with Gasteiger partial charge in [0, 0.05) is 10.6 Å². The summed E-state index contributed by atoms with van der Waals surface area (Å²) in [7, 11) is 1.52. The van der Waals surface area contributed by atoms with Gasteiger partial charge < -0.3 is 9.47 Å². The highest BCUT2D eigenvalue weighted by atomic mass is 35.5. The van der Waals surface area contributed by atoms with Gasteiger partial charge in [0.1, 0.15) is 12.3 Å². The molecule has 0 fully saturated rings. The Hall–Kier alpha value is -2.81. The fourth-order valence-electron chi connectivity index (χ4n) is 2.40. The molecule has 0 aliphatic carbocycles. The third kappa shape index (κ3) is 5.21. The zero-order valence-corrected chi connectivity index (χ0v) is 18.1. The van der Waals surface area contributed by atoms with E-state index in [2.05, 4.69) is 25.7 Å². The summed E-state index contributed by atoms with van der Waals surface area (Å²) in [5.41, 5.74) is 3.92. The van der Waals surface area contributed by atoms with Gasteiger partial charge in [0.05, 0.1) is 23.4 Å². The molecule has 8 nitrogen and oxygen atoms in total. The van der Waals surface area contributed by atoms with Gasteiger partial charge in [-0.2, -0.15) is 15.2 Å². The van der Waals surface area contributed by atoms with Crippen molar-refractivity contribution in [2.45, 2.75) is 13.5 Å². The van der Waals surface area contributed by atoms with Crippen LogP contribution in [-0.2, 0) is 6.61 Å². The van der Waals surface area contributed by atoms with E-state index in [1.54, 1.807) is 43.5 Å². The lowest BCUT2D eigenvalue weighted by Gasteiger charge is -2.13. The summed E-state index contributed by atoms with van der Waals surface area (Å²) in [6.07, 6.45) is 1.54. The highest BCUT2D eigenvalue weighted by Gasteiger charge is 2.12. The maximum Gasteiger partial charge on any atom is 0.363 e. The number of aromatic amines is 1. The first-order chi connectivity index (χ1) is 14.4. The number of benzene rings is 2. The predicted molar refractivity (Wildman–Crippen MR) is 117 cm³/mol. The SMILES string of the molecule is COc1cc(C=NNc2nc(=O)[nH]nc2C)ccc1OCc1c(Cl)ccc(Cl)c1Cl. The molecule has 0 amide bonds. The number of hydrogen-bond donors (Lipinski definition) is 2. The lowest BCUT2D eigenvalue weighted by molar-refractivity contribution is 0.284. The summed E-state index contributed by atoms with van der Waals surface area (Å²) in [5, 5.41) is 11.3. The number of hydrogen-bond acceptors (Lipinski definition) is 7. The van der Waals surface area contributed by atoms with Crippen LogP contribution in [0, 0.1) is 6.92 Å². The predicted octanol–water partition coefficient (Wildman–Crippen LogP) is 4.47. The second-order valence-corrected chi connectivity index (χ2v) is 7.16. The van der Waals surface area contributed by atoms with Gasteiger partial charge in [0.25, 0.3) is 0 Å². The van der Waals surface area contributed by atoms with Gasteiger partial charge >= 0.3 is 5.69 Å². The first-order valence-corrected chi connectivity index (χ1v) is 9.68. The standard InChI is InChI=1S/C19H16Cl3N5O3/c1-10-18(24-19(28)27-25-10)26-23-8-11-3-6-15(16(7-11)29-2)30-9-12-13(20)4-5-14(21)17(12)22/h3-8H,9H2,1-2H3,(H2,24,26,27,28).